The summed E-state index contributed by atoms with van der Waals surface area (Å²) in [4.78, 5) is 19.1. The second-order valence-electron chi connectivity index (χ2n) is 10.4. The molecule has 0 aliphatic rings. The smallest absolute Gasteiger partial charge is 0.813 e. The maximum atomic E-state index is 11.5. The number of carbonyl (C=O) groups excluding carboxylic acids is 1. The number of carbonyl (C=O) groups is 1. The van der Waals surface area contributed by atoms with Gasteiger partial charge in [0.2, 0.25) is 5.82 Å². The molecule has 2 aromatic heterocycles. The maximum absolute atomic E-state index is 11.5. The first-order chi connectivity index (χ1) is 20.0. The first-order valence-corrected chi connectivity index (χ1v) is 37.2. The summed E-state index contributed by atoms with van der Waals surface area (Å²) in [5.41, 5.74) is 0.579. The summed E-state index contributed by atoms with van der Waals surface area (Å²) >= 11 is 12.5. The summed E-state index contributed by atoms with van der Waals surface area (Å²) < 4.78 is 19.6. The van der Waals surface area contributed by atoms with E-state index in [4.69, 9.17) is 25.1 Å². The van der Waals surface area contributed by atoms with Crippen molar-refractivity contribution in [3.05, 3.63) is 34.3 Å². The van der Waals surface area contributed by atoms with Gasteiger partial charge in [0, 0.05) is 48.9 Å². The number of thiol groups is 2. The van der Waals surface area contributed by atoms with Crippen LogP contribution in [0.2, 0.25) is 51.4 Å². The normalized spacial score (nSPS) is 10.0. The van der Waals surface area contributed by atoms with Crippen LogP contribution in [0.3, 0.4) is 0 Å². The molecule has 0 atom stereocenters. The zero-order valence-electron chi connectivity index (χ0n) is 25.9. The van der Waals surface area contributed by atoms with Crippen LogP contribution in [0.15, 0.2) is 17.1 Å². The van der Waals surface area contributed by atoms with Crippen LogP contribution in [-0.4, -0.2) is 73.8 Å². The van der Waals surface area contributed by atoms with Crippen LogP contribution in [-0.2, 0) is 46.1 Å². The minimum atomic E-state index is -1.13. The Labute approximate surface area is 335 Å². The number of aromatic nitrogens is 4. The number of imidazole rings is 2. The fourth-order valence-corrected chi connectivity index (χ4v) is 4.35. The quantitative estimate of drug-likeness (QED) is 0.0568. The Balaban J connectivity index is -0.000000291. The Kier molecular flexibility index (Phi) is 37.0. The van der Waals surface area contributed by atoms with Crippen molar-refractivity contribution in [3.63, 3.8) is 0 Å². The molecule has 21 heteroatoms. The van der Waals surface area contributed by atoms with Gasteiger partial charge in [-0.25, -0.2) is 14.8 Å². The summed E-state index contributed by atoms with van der Waals surface area (Å²) in [6, 6.07) is 6.07. The summed E-state index contributed by atoms with van der Waals surface area (Å²) in [7, 11) is 3.62. The summed E-state index contributed by atoms with van der Waals surface area (Å²) in [5, 5.41) is 24.5. The molecule has 0 aromatic carbocycles. The summed E-state index contributed by atoms with van der Waals surface area (Å²) in [6.45, 7) is 15.8. The third-order valence-electron chi connectivity index (χ3n) is 4.55. The Morgan fingerprint density at radius 2 is 1.30 bits per heavy atom. The molecule has 11 nitrogen and oxygen atoms in total. The largest absolute Gasteiger partial charge is 0.813 e. The molecule has 254 valence electrons. The number of aliphatic hydroxyl groups excluding tert-OH is 1. The van der Waals surface area contributed by atoms with Crippen LogP contribution in [0.4, 0.5) is 0 Å². The first kappa shape index (κ1) is 52.7. The second-order valence-corrected chi connectivity index (χ2v) is 57.7. The van der Waals surface area contributed by atoms with Gasteiger partial charge in [-0.1, -0.05) is 39.3 Å². The van der Waals surface area contributed by atoms with E-state index in [1.165, 1.54) is 17.9 Å². The molecule has 2 rings (SSSR count). The van der Waals surface area contributed by atoms with Gasteiger partial charge in [0.1, 0.15) is 25.6 Å². The summed E-state index contributed by atoms with van der Waals surface area (Å²) in [5.74, 6) is -0.484. The molecule has 0 spiro atoms. The maximum Gasteiger partial charge on any atom is -0.813 e. The number of rotatable bonds is 11. The zero-order valence-corrected chi connectivity index (χ0v) is 41.3. The molecular formula is C23H41BrI4N6O5S2Si2V-. The zero-order chi connectivity index (χ0) is 34.2. The molecule has 0 saturated heterocycles. The van der Waals surface area contributed by atoms with E-state index in [9.17, 15) is 4.79 Å². The van der Waals surface area contributed by atoms with Crippen LogP contribution in [0.25, 0.3) is 0 Å². The Bertz CT molecular complexity index is 1130. The molecule has 0 fully saturated rings. The van der Waals surface area contributed by atoms with Crippen LogP contribution in [0.1, 0.15) is 22.0 Å². The number of methoxy groups -OCH3 is 1. The van der Waals surface area contributed by atoms with Crippen molar-refractivity contribution in [1.29, 1.82) is 10.5 Å². The minimum Gasteiger partial charge on any atom is -0.813 e. The molecule has 2 aromatic rings. The van der Waals surface area contributed by atoms with Gasteiger partial charge in [0.15, 0.2) is 16.1 Å². The minimum absolute atomic E-state index is 0. The van der Waals surface area contributed by atoms with Gasteiger partial charge in [0.25, 0.3) is 0 Å². The van der Waals surface area contributed by atoms with Gasteiger partial charge >= 0.3 is 70.8 Å². The Hall–Kier alpha value is 1.87. The number of hydrogen-bond acceptors (Lipinski definition) is 11. The van der Waals surface area contributed by atoms with Crippen LogP contribution < -0.4 is 0 Å². The topological polar surface area (TPSA) is 148 Å². The SMILES string of the molecule is CO.COC(=O)c1nc(C#N)cn1COCC[Si](C)(C)C.C[Si](C)(C)CCOCn1cc(C#N)nc1Br.SI.[I][V]([I])[I].[SH-]. The van der Waals surface area contributed by atoms with Crippen molar-refractivity contribution in [2.45, 2.75) is 64.8 Å². The standard InChI is InChI=1S/C12H19N3O3Si.C10H16BrN3OSi.CH4O.HIS.3HI.H2S.V/c1-17-12(16)11-14-10(7-13)8-15(11)9-18-5-6-19(2,3)4;1-16(2,3)5-4-15-8-14-7-9(6-12)13-10(14)11;2*1-2;;;;;/h8H,5-6,9H2,1-4H3;7H,4-5,8H2,1-3H3;2H,1H3;2H;3*1H;1H2;/q;;;;;;;;+3/p-4. The van der Waals surface area contributed by atoms with E-state index in [0.29, 0.717) is 23.8 Å². The molecule has 0 radical (unpaired) electrons. The number of nitriles is 2. The van der Waals surface area contributed by atoms with Crippen LogP contribution in [0.5, 0.6) is 0 Å². The van der Waals surface area contributed by atoms with Crippen molar-refractivity contribution in [2.24, 2.45) is 0 Å². The fourth-order valence-electron chi connectivity index (χ4n) is 2.44. The number of ether oxygens (including phenoxy) is 3. The van der Waals surface area contributed by atoms with Crippen molar-refractivity contribution < 1.29 is 29.0 Å². The molecule has 1 N–H and O–H groups in total. The van der Waals surface area contributed by atoms with Crippen molar-refractivity contribution >= 4 is 142 Å². The van der Waals surface area contributed by atoms with Crippen molar-refractivity contribution in [1.82, 2.24) is 19.1 Å². The number of halogens is 5. The monoisotopic (exact) mass is 1240 g/mol. The number of nitrogens with zero attached hydrogens (tertiary/aromatic N) is 6. The third-order valence-corrected chi connectivity index (χ3v) is 8.60. The van der Waals surface area contributed by atoms with E-state index in [2.05, 4.69) is 140 Å². The molecule has 0 bridgehead atoms. The van der Waals surface area contributed by atoms with Gasteiger partial charge in [0.05, 0.1) is 7.11 Å². The van der Waals surface area contributed by atoms with E-state index in [1.54, 1.807) is 10.8 Å². The molecule has 0 unspecified atom stereocenters. The molecule has 0 saturated carbocycles. The van der Waals surface area contributed by atoms with Crippen LogP contribution >= 0.6 is 107 Å². The Morgan fingerprint density at radius 1 is 0.932 bits per heavy atom. The second kappa shape index (κ2) is 30.9. The molecule has 0 aliphatic carbocycles. The third kappa shape index (κ3) is 30.0. The number of aliphatic hydroxyl groups is 1. The van der Waals surface area contributed by atoms with Crippen molar-refractivity contribution in [3.8, 4) is 12.1 Å². The molecule has 0 amide bonds. The molecule has 44 heavy (non-hydrogen) atoms. The van der Waals surface area contributed by atoms with E-state index in [-0.39, 0.29) is 36.7 Å². The van der Waals surface area contributed by atoms with Gasteiger partial charge < -0.3 is 41.9 Å². The average Bonchev–Trinajstić information content (AvgIpc) is 3.52. The predicted molar refractivity (Wildman–Crippen MR) is 223 cm³/mol. The van der Waals surface area contributed by atoms with E-state index < -0.39 is 22.1 Å². The van der Waals surface area contributed by atoms with E-state index in [1.807, 2.05) is 33.3 Å². The first-order valence-electron chi connectivity index (χ1n) is 12.3. The van der Waals surface area contributed by atoms with Gasteiger partial charge in [-0.3, -0.25) is 0 Å². The molecule has 0 aliphatic heterocycles. The van der Waals surface area contributed by atoms with Gasteiger partial charge in [-0.05, 0) is 49.2 Å². The van der Waals surface area contributed by atoms with E-state index >= 15 is 0 Å². The van der Waals surface area contributed by atoms with Gasteiger partial charge in [-0.2, -0.15) is 10.5 Å². The van der Waals surface area contributed by atoms with Gasteiger partial charge in [-0.15, -0.1) is 9.80 Å². The fraction of sp³-hybridized carbons (Fsp3) is 0.609. The molecular weight excluding hydrogens is 1200 g/mol. The summed E-state index contributed by atoms with van der Waals surface area (Å²) in [6.07, 6.45) is 3.17. The molecule has 2 heterocycles. The van der Waals surface area contributed by atoms with Crippen molar-refractivity contribution in [2.75, 3.05) is 27.4 Å². The van der Waals surface area contributed by atoms with E-state index in [0.717, 1.165) is 25.8 Å². The number of hydrogen-bond donors (Lipinski definition) is 2. The van der Waals surface area contributed by atoms with Crippen LogP contribution in [0, 0.1) is 22.7 Å². The predicted octanol–water partition coefficient (Wildman–Crippen LogP) is 7.94. The average molecular weight is 1240 g/mol. The Morgan fingerprint density at radius 3 is 1.64 bits per heavy atom. The number of esters is 1.